The fourth-order valence-corrected chi connectivity index (χ4v) is 2.85. The van der Waals surface area contributed by atoms with Gasteiger partial charge in [0.05, 0.1) is 18.5 Å². The van der Waals surface area contributed by atoms with E-state index in [9.17, 15) is 17.2 Å². The minimum Gasteiger partial charge on any atom is -0.497 e. The van der Waals surface area contributed by atoms with Crippen LogP contribution in [0.15, 0.2) is 41.3 Å². The van der Waals surface area contributed by atoms with Crippen molar-refractivity contribution in [2.75, 3.05) is 17.6 Å². The molecule has 0 fully saturated rings. The van der Waals surface area contributed by atoms with Gasteiger partial charge in [-0.3, -0.25) is 4.72 Å². The lowest BCUT2D eigenvalue weighted by Gasteiger charge is -2.11. The van der Waals surface area contributed by atoms with Crippen LogP contribution in [0.5, 0.6) is 5.75 Å². The van der Waals surface area contributed by atoms with Gasteiger partial charge < -0.3 is 10.5 Å². The van der Waals surface area contributed by atoms with Crippen molar-refractivity contribution < 1.29 is 21.9 Å². The highest BCUT2D eigenvalue weighted by Gasteiger charge is 2.20. The third-order valence-electron chi connectivity index (χ3n) is 2.68. The largest absolute Gasteiger partial charge is 0.497 e. The molecule has 0 spiro atoms. The number of benzene rings is 2. The number of hydrogen-bond acceptors (Lipinski definition) is 4. The van der Waals surface area contributed by atoms with E-state index < -0.39 is 21.7 Å². The topological polar surface area (TPSA) is 81.4 Å². The van der Waals surface area contributed by atoms with Crippen LogP contribution in [0, 0.1) is 11.6 Å². The monoisotopic (exact) mass is 314 g/mol. The Morgan fingerprint density at radius 2 is 1.86 bits per heavy atom. The van der Waals surface area contributed by atoms with E-state index in [-0.39, 0.29) is 22.0 Å². The van der Waals surface area contributed by atoms with Crippen LogP contribution in [0.1, 0.15) is 0 Å². The van der Waals surface area contributed by atoms with Gasteiger partial charge in [0.2, 0.25) is 0 Å². The zero-order valence-corrected chi connectivity index (χ0v) is 11.7. The molecule has 3 N–H and O–H groups in total. The van der Waals surface area contributed by atoms with Gasteiger partial charge >= 0.3 is 0 Å². The summed E-state index contributed by atoms with van der Waals surface area (Å²) in [5.41, 5.74) is 4.91. The van der Waals surface area contributed by atoms with Gasteiger partial charge in [0, 0.05) is 6.07 Å². The number of nitrogens with two attached hydrogens (primary N) is 1. The second-order valence-electron chi connectivity index (χ2n) is 4.13. The average Bonchev–Trinajstić information content (AvgIpc) is 2.40. The van der Waals surface area contributed by atoms with Crippen molar-refractivity contribution in [2.24, 2.45) is 0 Å². The van der Waals surface area contributed by atoms with E-state index in [2.05, 4.69) is 4.72 Å². The smallest absolute Gasteiger partial charge is 0.264 e. The minimum absolute atomic E-state index is 0.272. The van der Waals surface area contributed by atoms with Crippen molar-refractivity contribution >= 4 is 21.4 Å². The summed E-state index contributed by atoms with van der Waals surface area (Å²) in [6, 6.07) is 6.42. The van der Waals surface area contributed by atoms with Crippen molar-refractivity contribution in [3.05, 3.63) is 48.0 Å². The van der Waals surface area contributed by atoms with E-state index in [1.807, 2.05) is 0 Å². The van der Waals surface area contributed by atoms with E-state index in [0.29, 0.717) is 0 Å². The van der Waals surface area contributed by atoms with Crippen LogP contribution in [0.4, 0.5) is 20.2 Å². The fraction of sp³-hybridized carbons (Fsp3) is 0.0769. The molecule has 0 atom stereocenters. The van der Waals surface area contributed by atoms with Gasteiger partial charge in [-0.15, -0.1) is 0 Å². The third kappa shape index (κ3) is 3.22. The molecule has 21 heavy (non-hydrogen) atoms. The molecule has 8 heteroatoms. The zero-order chi connectivity index (χ0) is 15.6. The minimum atomic E-state index is -4.15. The molecule has 0 aliphatic rings. The number of anilines is 2. The second kappa shape index (κ2) is 5.57. The van der Waals surface area contributed by atoms with E-state index in [0.717, 1.165) is 24.3 Å². The number of rotatable bonds is 4. The molecule has 5 nitrogen and oxygen atoms in total. The lowest BCUT2D eigenvalue weighted by molar-refractivity contribution is 0.414. The molecule has 0 aromatic heterocycles. The third-order valence-corrected chi connectivity index (χ3v) is 4.12. The predicted octanol–water partition coefficient (Wildman–Crippen LogP) is 2.36. The highest BCUT2D eigenvalue weighted by atomic mass is 32.2. The Balaban J connectivity index is 2.42. The van der Waals surface area contributed by atoms with Crippen molar-refractivity contribution in [1.29, 1.82) is 0 Å². The Bertz CT molecular complexity index is 779. The zero-order valence-electron chi connectivity index (χ0n) is 10.9. The lowest BCUT2D eigenvalue weighted by Crippen LogP contribution is -2.16. The van der Waals surface area contributed by atoms with Crippen LogP contribution >= 0.6 is 0 Å². The first-order valence-corrected chi connectivity index (χ1v) is 7.23. The molecule has 0 amide bonds. The van der Waals surface area contributed by atoms with Crippen molar-refractivity contribution in [2.45, 2.75) is 4.90 Å². The summed E-state index contributed by atoms with van der Waals surface area (Å²) in [5, 5.41) is 0. The average molecular weight is 314 g/mol. The number of halogens is 2. The maximum atomic E-state index is 13.6. The van der Waals surface area contributed by atoms with Gasteiger partial charge in [-0.25, -0.2) is 17.2 Å². The number of nitrogens with one attached hydrogen (secondary N) is 1. The first kappa shape index (κ1) is 15.0. The van der Waals surface area contributed by atoms with Crippen LogP contribution < -0.4 is 15.2 Å². The molecule has 0 bridgehead atoms. The first-order chi connectivity index (χ1) is 9.83. The summed E-state index contributed by atoms with van der Waals surface area (Å²) in [7, 11) is -2.78. The number of sulfonamides is 1. The van der Waals surface area contributed by atoms with Gasteiger partial charge in [-0.05, 0) is 30.3 Å². The van der Waals surface area contributed by atoms with Gasteiger partial charge in [0.25, 0.3) is 10.0 Å². The molecule has 112 valence electrons. The van der Waals surface area contributed by atoms with Crippen molar-refractivity contribution in [1.82, 2.24) is 0 Å². The number of hydrogen-bond donors (Lipinski definition) is 2. The van der Waals surface area contributed by atoms with E-state index in [1.54, 1.807) is 0 Å². The van der Waals surface area contributed by atoms with Crippen LogP contribution in [0.3, 0.4) is 0 Å². The van der Waals surface area contributed by atoms with Crippen molar-refractivity contribution in [3.8, 4) is 5.75 Å². The lowest BCUT2D eigenvalue weighted by atomic mass is 10.3. The SMILES string of the molecule is COc1ccc(F)c(NS(=O)(=O)c2ccc(F)cc2N)c1. The number of methoxy groups -OCH3 is 1. The molecule has 2 aromatic rings. The van der Waals surface area contributed by atoms with Crippen molar-refractivity contribution in [3.63, 3.8) is 0 Å². The van der Waals surface area contributed by atoms with Gasteiger partial charge in [0.1, 0.15) is 22.3 Å². The Kier molecular flexibility index (Phi) is 3.99. The van der Waals surface area contributed by atoms with E-state index in [4.69, 9.17) is 10.5 Å². The molecule has 0 aliphatic heterocycles. The molecule has 0 aliphatic carbocycles. The normalized spacial score (nSPS) is 11.2. The van der Waals surface area contributed by atoms with Gasteiger partial charge in [-0.2, -0.15) is 0 Å². The molecule has 0 unspecified atom stereocenters. The summed E-state index contributed by atoms with van der Waals surface area (Å²) >= 11 is 0. The molecule has 0 saturated heterocycles. The Morgan fingerprint density at radius 1 is 1.14 bits per heavy atom. The highest BCUT2D eigenvalue weighted by molar-refractivity contribution is 7.92. The predicted molar refractivity (Wildman–Crippen MR) is 74.6 cm³/mol. The van der Waals surface area contributed by atoms with Crippen LogP contribution in [0.2, 0.25) is 0 Å². The fourth-order valence-electron chi connectivity index (χ4n) is 1.67. The molecule has 0 heterocycles. The second-order valence-corrected chi connectivity index (χ2v) is 5.78. The van der Waals surface area contributed by atoms with E-state index in [1.165, 1.54) is 19.2 Å². The highest BCUT2D eigenvalue weighted by Crippen LogP contribution is 2.26. The summed E-state index contributed by atoms with van der Waals surface area (Å²) in [5.74, 6) is -1.17. The molecule has 0 radical (unpaired) electrons. The molecular formula is C13H12F2N2O3S. The standard InChI is InChI=1S/C13H12F2N2O3S/c1-20-9-3-4-10(15)12(7-9)17-21(18,19)13-5-2-8(14)6-11(13)16/h2-7,17H,16H2,1H3. The van der Waals surface area contributed by atoms with Crippen LogP contribution in [-0.4, -0.2) is 15.5 Å². The number of ether oxygens (including phenoxy) is 1. The molecular weight excluding hydrogens is 302 g/mol. The van der Waals surface area contributed by atoms with Gasteiger partial charge in [0.15, 0.2) is 0 Å². The molecule has 0 saturated carbocycles. The van der Waals surface area contributed by atoms with Crippen LogP contribution in [0.25, 0.3) is 0 Å². The quantitative estimate of drug-likeness (QED) is 0.849. The summed E-state index contributed by atoms with van der Waals surface area (Å²) in [6.07, 6.45) is 0. The summed E-state index contributed by atoms with van der Waals surface area (Å²) < 4.78 is 57.9. The Hall–Kier alpha value is -2.35. The van der Waals surface area contributed by atoms with Crippen LogP contribution in [-0.2, 0) is 10.0 Å². The van der Waals surface area contributed by atoms with Gasteiger partial charge in [-0.1, -0.05) is 0 Å². The summed E-state index contributed by atoms with van der Waals surface area (Å²) in [6.45, 7) is 0. The Morgan fingerprint density at radius 3 is 2.48 bits per heavy atom. The Labute approximate surface area is 120 Å². The number of nitrogen functional groups attached to an aromatic ring is 1. The molecule has 2 aromatic carbocycles. The maximum absolute atomic E-state index is 13.6. The maximum Gasteiger partial charge on any atom is 0.264 e. The molecule has 2 rings (SSSR count). The first-order valence-electron chi connectivity index (χ1n) is 5.75. The van der Waals surface area contributed by atoms with E-state index >= 15 is 0 Å². The summed E-state index contributed by atoms with van der Waals surface area (Å²) in [4.78, 5) is -0.342.